The molecule has 1 heterocycles. The lowest BCUT2D eigenvalue weighted by atomic mass is 9.94. The summed E-state index contributed by atoms with van der Waals surface area (Å²) in [6, 6.07) is 18.5. The first kappa shape index (κ1) is 17.9. The van der Waals surface area contributed by atoms with Gasteiger partial charge in [0.15, 0.2) is 21.3 Å². The maximum atomic E-state index is 11.7. The summed E-state index contributed by atoms with van der Waals surface area (Å²) in [7, 11) is -3.23. The highest BCUT2D eigenvalue weighted by Crippen LogP contribution is 2.39. The molecule has 0 unspecified atom stereocenters. The van der Waals surface area contributed by atoms with Gasteiger partial charge in [0.25, 0.3) is 0 Å². The molecule has 0 spiro atoms. The van der Waals surface area contributed by atoms with Gasteiger partial charge in [0.1, 0.15) is 0 Å². The van der Waals surface area contributed by atoms with E-state index >= 15 is 0 Å². The molecular weight excluding hydrogens is 384 g/mol. The lowest BCUT2D eigenvalue weighted by molar-refractivity contribution is 0.174. The Morgan fingerprint density at radius 1 is 0.963 bits per heavy atom. The Morgan fingerprint density at radius 3 is 2.33 bits per heavy atom. The zero-order valence-corrected chi connectivity index (χ0v) is 16.2. The van der Waals surface area contributed by atoms with Crippen LogP contribution >= 0.6 is 11.6 Å². The van der Waals surface area contributed by atoms with E-state index in [1.165, 1.54) is 6.26 Å². The van der Waals surface area contributed by atoms with E-state index in [4.69, 9.17) is 21.1 Å². The number of hydrogen-bond acceptors (Lipinski definition) is 4. The van der Waals surface area contributed by atoms with E-state index in [1.54, 1.807) is 12.1 Å². The fourth-order valence-electron chi connectivity index (χ4n) is 3.15. The molecule has 0 saturated carbocycles. The molecule has 3 aromatic carbocycles. The number of sulfone groups is 1. The minimum Gasteiger partial charge on any atom is -0.454 e. The molecule has 0 fully saturated rings. The maximum absolute atomic E-state index is 11.7. The molecule has 0 aliphatic carbocycles. The molecule has 3 aromatic rings. The number of ether oxygens (including phenoxy) is 2. The van der Waals surface area contributed by atoms with Crippen LogP contribution in [0.5, 0.6) is 11.5 Å². The molecule has 0 amide bonds. The number of hydrogen-bond donors (Lipinski definition) is 0. The second-order valence-corrected chi connectivity index (χ2v) is 8.92. The molecule has 1 aliphatic rings. The minimum atomic E-state index is -3.23. The minimum absolute atomic E-state index is 0.197. The molecule has 6 heteroatoms. The van der Waals surface area contributed by atoms with Gasteiger partial charge in [-0.05, 0) is 65.1 Å². The molecule has 0 saturated heterocycles. The van der Waals surface area contributed by atoms with E-state index in [9.17, 15) is 8.42 Å². The molecule has 0 N–H and O–H groups in total. The van der Waals surface area contributed by atoms with Crippen molar-refractivity contribution >= 4 is 21.4 Å². The van der Waals surface area contributed by atoms with Gasteiger partial charge in [-0.2, -0.15) is 0 Å². The summed E-state index contributed by atoms with van der Waals surface area (Å²) >= 11 is 6.12. The molecule has 0 bridgehead atoms. The average molecular weight is 401 g/mol. The molecule has 27 heavy (non-hydrogen) atoms. The maximum Gasteiger partial charge on any atom is 0.231 e. The normalized spacial score (nSPS) is 13.0. The molecule has 4 rings (SSSR count). The summed E-state index contributed by atoms with van der Waals surface area (Å²) in [4.78, 5) is 0.295. The molecule has 0 radical (unpaired) electrons. The Hall–Kier alpha value is -2.50. The molecule has 4 nitrogen and oxygen atoms in total. The highest BCUT2D eigenvalue weighted by Gasteiger charge is 2.19. The first-order valence-electron chi connectivity index (χ1n) is 8.37. The van der Waals surface area contributed by atoms with Gasteiger partial charge in [0.05, 0.1) is 4.90 Å². The first-order valence-corrected chi connectivity index (χ1v) is 10.6. The van der Waals surface area contributed by atoms with Crippen LogP contribution in [-0.4, -0.2) is 21.5 Å². The van der Waals surface area contributed by atoms with Crippen LogP contribution in [-0.2, 0) is 16.3 Å². The van der Waals surface area contributed by atoms with Crippen molar-refractivity contribution in [2.45, 2.75) is 11.3 Å². The summed E-state index contributed by atoms with van der Waals surface area (Å²) in [5.41, 5.74) is 4.01. The van der Waals surface area contributed by atoms with Crippen molar-refractivity contribution in [1.82, 2.24) is 0 Å². The van der Waals surface area contributed by atoms with Gasteiger partial charge in [-0.15, -0.1) is 0 Å². The zero-order chi connectivity index (χ0) is 19.0. The van der Waals surface area contributed by atoms with E-state index in [-0.39, 0.29) is 6.79 Å². The van der Waals surface area contributed by atoms with Crippen LogP contribution in [0.15, 0.2) is 65.6 Å². The Bertz CT molecular complexity index is 1110. The highest BCUT2D eigenvalue weighted by molar-refractivity contribution is 7.90. The molecule has 138 valence electrons. The number of halogens is 1. The smallest absolute Gasteiger partial charge is 0.231 e. The average Bonchev–Trinajstić information content (AvgIpc) is 3.08. The van der Waals surface area contributed by atoms with E-state index in [0.29, 0.717) is 27.8 Å². The predicted molar refractivity (Wildman–Crippen MR) is 105 cm³/mol. The second-order valence-electron chi connectivity index (χ2n) is 6.47. The van der Waals surface area contributed by atoms with Crippen LogP contribution in [0.4, 0.5) is 0 Å². The van der Waals surface area contributed by atoms with Crippen molar-refractivity contribution in [2.24, 2.45) is 0 Å². The van der Waals surface area contributed by atoms with E-state index in [2.05, 4.69) is 0 Å². The summed E-state index contributed by atoms with van der Waals surface area (Å²) in [5.74, 6) is 1.40. The van der Waals surface area contributed by atoms with Crippen LogP contribution in [0.2, 0.25) is 5.02 Å². The van der Waals surface area contributed by atoms with E-state index < -0.39 is 9.84 Å². The van der Waals surface area contributed by atoms with E-state index in [1.807, 2.05) is 48.5 Å². The van der Waals surface area contributed by atoms with Gasteiger partial charge in [0.2, 0.25) is 6.79 Å². The van der Waals surface area contributed by atoms with Gasteiger partial charge in [-0.3, -0.25) is 0 Å². The monoisotopic (exact) mass is 400 g/mol. The standard InChI is InChI=1S/C21H17ClO4S/c1-27(23,24)18-7-5-15(6-8-18)19-12-21-20(25-13-26-21)11-16(19)9-14-3-2-4-17(22)10-14/h2-8,10-12H,9,13H2,1H3. The Kier molecular flexibility index (Phi) is 4.58. The molecule has 1 aliphatic heterocycles. The van der Waals surface area contributed by atoms with Crippen molar-refractivity contribution in [3.05, 3.63) is 76.8 Å². The molecule has 0 atom stereocenters. The summed E-state index contributed by atoms with van der Waals surface area (Å²) in [6.45, 7) is 0.197. The second kappa shape index (κ2) is 6.91. The largest absolute Gasteiger partial charge is 0.454 e. The SMILES string of the molecule is CS(=O)(=O)c1ccc(-c2cc3c(cc2Cc2cccc(Cl)c2)OCO3)cc1. The fraction of sp³-hybridized carbons (Fsp3) is 0.143. The van der Waals surface area contributed by atoms with Gasteiger partial charge in [0, 0.05) is 11.3 Å². The third-order valence-corrected chi connectivity index (χ3v) is 5.84. The third-order valence-electron chi connectivity index (χ3n) is 4.48. The van der Waals surface area contributed by atoms with Gasteiger partial charge in [-0.25, -0.2) is 8.42 Å². The van der Waals surface area contributed by atoms with Gasteiger partial charge >= 0.3 is 0 Å². The summed E-state index contributed by atoms with van der Waals surface area (Å²) in [5, 5.41) is 0.687. The van der Waals surface area contributed by atoms with Gasteiger partial charge in [-0.1, -0.05) is 35.9 Å². The zero-order valence-electron chi connectivity index (χ0n) is 14.6. The van der Waals surface area contributed by atoms with Gasteiger partial charge < -0.3 is 9.47 Å². The van der Waals surface area contributed by atoms with Crippen molar-refractivity contribution in [1.29, 1.82) is 0 Å². The van der Waals surface area contributed by atoms with Crippen molar-refractivity contribution in [3.8, 4) is 22.6 Å². The van der Waals surface area contributed by atoms with Crippen LogP contribution in [0.3, 0.4) is 0 Å². The van der Waals surface area contributed by atoms with E-state index in [0.717, 1.165) is 22.3 Å². The molecular formula is C21H17ClO4S. The lowest BCUT2D eigenvalue weighted by Gasteiger charge is -2.12. The number of rotatable bonds is 4. The van der Waals surface area contributed by atoms with Crippen LogP contribution in [0.25, 0.3) is 11.1 Å². The topological polar surface area (TPSA) is 52.6 Å². The van der Waals surface area contributed by atoms with Crippen LogP contribution in [0.1, 0.15) is 11.1 Å². The Balaban J connectivity index is 1.79. The fourth-order valence-corrected chi connectivity index (χ4v) is 3.99. The summed E-state index contributed by atoms with van der Waals surface area (Å²) < 4.78 is 34.5. The first-order chi connectivity index (χ1) is 12.9. The number of fused-ring (bicyclic) bond motifs is 1. The lowest BCUT2D eigenvalue weighted by Crippen LogP contribution is -1.97. The van der Waals surface area contributed by atoms with Crippen molar-refractivity contribution in [2.75, 3.05) is 13.0 Å². The van der Waals surface area contributed by atoms with Crippen LogP contribution < -0.4 is 9.47 Å². The van der Waals surface area contributed by atoms with Crippen molar-refractivity contribution in [3.63, 3.8) is 0 Å². The Labute approximate surface area is 163 Å². The van der Waals surface area contributed by atoms with Crippen LogP contribution in [0, 0.1) is 0 Å². The van der Waals surface area contributed by atoms with Crippen molar-refractivity contribution < 1.29 is 17.9 Å². The predicted octanol–water partition coefficient (Wildman–Crippen LogP) is 4.73. The highest BCUT2D eigenvalue weighted by atomic mass is 35.5. The quantitative estimate of drug-likeness (QED) is 0.635. The molecule has 0 aromatic heterocycles. The Morgan fingerprint density at radius 2 is 1.67 bits per heavy atom. The number of benzene rings is 3. The summed E-state index contributed by atoms with van der Waals surface area (Å²) in [6.07, 6.45) is 1.87. The third kappa shape index (κ3) is 3.80.